The first kappa shape index (κ1) is 28.6. The van der Waals surface area contributed by atoms with Crippen LogP contribution in [0, 0.1) is 15.9 Å². The molecular weight excluding hydrogens is 624 g/mol. The summed E-state index contributed by atoms with van der Waals surface area (Å²) in [4.78, 5) is 29.0. The summed E-state index contributed by atoms with van der Waals surface area (Å²) in [7, 11) is 0. The maximum Gasteiger partial charge on any atom is 0.416 e. The molecule has 5 rings (SSSR count). The van der Waals surface area contributed by atoms with Crippen LogP contribution in [0.5, 0.6) is 5.75 Å². The number of hydrogen-bond donors (Lipinski definition) is 0. The zero-order valence-corrected chi connectivity index (χ0v) is 22.8. The van der Waals surface area contributed by atoms with Crippen molar-refractivity contribution in [2.45, 2.75) is 12.8 Å². The smallest absolute Gasteiger partial charge is 0.416 e. The van der Waals surface area contributed by atoms with E-state index in [9.17, 15) is 32.5 Å². The number of rotatable bonds is 7. The molecule has 5 aromatic rings. The molecule has 1 heterocycles. The summed E-state index contributed by atoms with van der Waals surface area (Å²) in [5.74, 6) is -0.764. The van der Waals surface area contributed by atoms with Crippen molar-refractivity contribution in [3.8, 4) is 17.1 Å². The number of alkyl halides is 3. The van der Waals surface area contributed by atoms with E-state index in [-0.39, 0.29) is 44.7 Å². The quantitative estimate of drug-likeness (QED) is 0.0801. The third-order valence-electron chi connectivity index (χ3n) is 6.04. The minimum absolute atomic E-state index is 0.0157. The Balaban J connectivity index is 1.58. The van der Waals surface area contributed by atoms with Crippen LogP contribution in [0.2, 0.25) is 0 Å². The predicted octanol–water partition coefficient (Wildman–Crippen LogP) is 7.35. The molecule has 0 N–H and O–H groups in total. The number of benzene rings is 4. The Morgan fingerprint density at radius 3 is 2.52 bits per heavy atom. The molecular formula is C29H17BrF4N4O4. The summed E-state index contributed by atoms with van der Waals surface area (Å²) in [6, 6.07) is 18.8. The van der Waals surface area contributed by atoms with Crippen LogP contribution in [0.25, 0.3) is 22.3 Å². The number of nitro benzene ring substituents is 1. The maximum atomic E-state index is 13.5. The second kappa shape index (κ2) is 11.5. The summed E-state index contributed by atoms with van der Waals surface area (Å²) < 4.78 is 60.4. The van der Waals surface area contributed by atoms with E-state index in [2.05, 4.69) is 26.0 Å². The molecule has 0 fully saturated rings. The van der Waals surface area contributed by atoms with E-state index in [0.717, 1.165) is 29.1 Å². The van der Waals surface area contributed by atoms with Crippen LogP contribution in [0.15, 0.2) is 99.3 Å². The fourth-order valence-electron chi connectivity index (χ4n) is 4.11. The normalized spacial score (nSPS) is 11.7. The Morgan fingerprint density at radius 1 is 1.02 bits per heavy atom. The van der Waals surface area contributed by atoms with Gasteiger partial charge in [-0.05, 0) is 64.0 Å². The van der Waals surface area contributed by atoms with Gasteiger partial charge in [0.05, 0.1) is 32.1 Å². The summed E-state index contributed by atoms with van der Waals surface area (Å²) >= 11 is 3.25. The van der Waals surface area contributed by atoms with E-state index in [1.54, 1.807) is 24.3 Å². The third kappa shape index (κ3) is 6.05. The van der Waals surface area contributed by atoms with Crippen molar-refractivity contribution in [3.05, 3.63) is 132 Å². The van der Waals surface area contributed by atoms with Crippen LogP contribution >= 0.6 is 15.9 Å². The summed E-state index contributed by atoms with van der Waals surface area (Å²) in [6.45, 7) is -0.150. The molecule has 0 aliphatic heterocycles. The molecule has 0 aliphatic carbocycles. The van der Waals surface area contributed by atoms with Gasteiger partial charge in [0, 0.05) is 17.2 Å². The van der Waals surface area contributed by atoms with Crippen LogP contribution in [0.3, 0.4) is 0 Å². The number of ether oxygens (including phenoxy) is 1. The molecule has 1 aromatic heterocycles. The lowest BCUT2D eigenvalue weighted by atomic mass is 10.1. The van der Waals surface area contributed by atoms with Crippen molar-refractivity contribution in [2.24, 2.45) is 5.10 Å². The maximum absolute atomic E-state index is 13.5. The van der Waals surface area contributed by atoms with Crippen LogP contribution in [-0.2, 0) is 12.8 Å². The molecule has 0 saturated heterocycles. The number of nitrogens with zero attached hydrogens (tertiary/aromatic N) is 4. The monoisotopic (exact) mass is 640 g/mol. The Bertz CT molecular complexity index is 1930. The molecule has 0 amide bonds. The molecule has 0 unspecified atom stereocenters. The van der Waals surface area contributed by atoms with Gasteiger partial charge in [0.2, 0.25) is 5.75 Å². The van der Waals surface area contributed by atoms with E-state index in [4.69, 9.17) is 4.74 Å². The van der Waals surface area contributed by atoms with Gasteiger partial charge in [0.15, 0.2) is 5.82 Å². The van der Waals surface area contributed by atoms with Gasteiger partial charge in [-0.3, -0.25) is 14.9 Å². The Kier molecular flexibility index (Phi) is 7.85. The highest BCUT2D eigenvalue weighted by atomic mass is 79.9. The Hall–Kier alpha value is -4.91. The first-order valence-corrected chi connectivity index (χ1v) is 12.9. The number of para-hydroxylation sites is 1. The zero-order valence-electron chi connectivity index (χ0n) is 21.2. The standard InChI is InChI=1S/C29H17BrF4N4O4/c30-23-12-18(13-25(38(40)41)26(23)42-16-17-5-3-8-21(31)11-17)15-35-37-27(19-6-4-7-20(14-19)29(32,33)34)36-24-10-2-1-9-22(24)28(37)39/h1-15H,16H2. The average Bonchev–Trinajstić information content (AvgIpc) is 2.95. The van der Waals surface area contributed by atoms with Gasteiger partial charge in [0.25, 0.3) is 5.56 Å². The largest absolute Gasteiger partial charge is 0.481 e. The van der Waals surface area contributed by atoms with Crippen molar-refractivity contribution in [1.29, 1.82) is 0 Å². The fraction of sp³-hybridized carbons (Fsp3) is 0.0690. The minimum Gasteiger partial charge on any atom is -0.481 e. The Morgan fingerprint density at radius 2 is 1.79 bits per heavy atom. The number of nitro groups is 1. The van der Waals surface area contributed by atoms with E-state index in [1.807, 2.05) is 0 Å². The summed E-state index contributed by atoms with van der Waals surface area (Å²) in [6.07, 6.45) is -3.49. The molecule has 0 spiro atoms. The van der Waals surface area contributed by atoms with E-state index in [0.29, 0.717) is 5.56 Å². The van der Waals surface area contributed by atoms with Crippen molar-refractivity contribution in [2.75, 3.05) is 0 Å². The summed E-state index contributed by atoms with van der Waals surface area (Å²) in [5.41, 5.74) is -1.19. The van der Waals surface area contributed by atoms with E-state index in [1.165, 1.54) is 42.5 Å². The molecule has 8 nitrogen and oxygen atoms in total. The van der Waals surface area contributed by atoms with Crippen molar-refractivity contribution >= 4 is 38.7 Å². The predicted molar refractivity (Wildman–Crippen MR) is 151 cm³/mol. The number of aromatic nitrogens is 2. The first-order chi connectivity index (χ1) is 20.0. The topological polar surface area (TPSA) is 99.6 Å². The molecule has 0 radical (unpaired) electrons. The van der Waals surface area contributed by atoms with Crippen molar-refractivity contribution < 1.29 is 27.2 Å². The molecule has 0 aliphatic rings. The molecule has 0 bridgehead atoms. The van der Waals surface area contributed by atoms with Crippen LogP contribution in [-0.4, -0.2) is 20.8 Å². The van der Waals surface area contributed by atoms with Gasteiger partial charge < -0.3 is 4.74 Å². The molecule has 13 heteroatoms. The summed E-state index contributed by atoms with van der Waals surface area (Å²) in [5, 5.41) is 16.2. The van der Waals surface area contributed by atoms with Gasteiger partial charge in [0.1, 0.15) is 12.4 Å². The molecule has 4 aromatic carbocycles. The highest BCUT2D eigenvalue weighted by Gasteiger charge is 2.31. The third-order valence-corrected chi connectivity index (χ3v) is 6.63. The highest BCUT2D eigenvalue weighted by Crippen LogP contribution is 2.37. The molecule has 0 atom stereocenters. The lowest BCUT2D eigenvalue weighted by molar-refractivity contribution is -0.386. The number of hydrogen-bond acceptors (Lipinski definition) is 6. The van der Waals surface area contributed by atoms with Crippen molar-refractivity contribution in [1.82, 2.24) is 9.66 Å². The molecule has 42 heavy (non-hydrogen) atoms. The van der Waals surface area contributed by atoms with Gasteiger partial charge in [-0.15, -0.1) is 0 Å². The Labute approximate surface area is 242 Å². The van der Waals surface area contributed by atoms with Gasteiger partial charge in [-0.1, -0.05) is 36.4 Å². The minimum atomic E-state index is -4.63. The van der Waals surface area contributed by atoms with E-state index < -0.39 is 33.7 Å². The van der Waals surface area contributed by atoms with Gasteiger partial charge in [-0.2, -0.15) is 22.9 Å². The first-order valence-electron chi connectivity index (χ1n) is 12.1. The second-order valence-corrected chi connectivity index (χ2v) is 9.77. The molecule has 0 saturated carbocycles. The van der Waals surface area contributed by atoms with E-state index >= 15 is 0 Å². The van der Waals surface area contributed by atoms with Gasteiger partial charge in [-0.25, -0.2) is 9.37 Å². The number of halogens is 5. The van der Waals surface area contributed by atoms with Crippen LogP contribution < -0.4 is 10.3 Å². The van der Waals surface area contributed by atoms with Gasteiger partial charge >= 0.3 is 11.9 Å². The van der Waals surface area contributed by atoms with Crippen LogP contribution in [0.4, 0.5) is 23.2 Å². The van der Waals surface area contributed by atoms with Crippen LogP contribution in [0.1, 0.15) is 16.7 Å². The molecule has 212 valence electrons. The highest BCUT2D eigenvalue weighted by molar-refractivity contribution is 9.10. The zero-order chi connectivity index (χ0) is 30.0. The lowest BCUT2D eigenvalue weighted by Crippen LogP contribution is -2.20. The SMILES string of the molecule is O=c1c2ccccc2nc(-c2cccc(C(F)(F)F)c2)n1N=Cc1cc(Br)c(OCc2cccc(F)c2)c([N+](=O)[O-])c1. The second-order valence-electron chi connectivity index (χ2n) is 8.92. The van der Waals surface area contributed by atoms with Crippen molar-refractivity contribution in [3.63, 3.8) is 0 Å². The lowest BCUT2D eigenvalue weighted by Gasteiger charge is -2.12. The number of fused-ring (bicyclic) bond motifs is 1. The average molecular weight is 641 g/mol. The fourth-order valence-corrected chi connectivity index (χ4v) is 4.69.